The van der Waals surface area contributed by atoms with Crippen molar-refractivity contribution in [1.29, 1.82) is 0 Å². The molecule has 0 atom stereocenters. The molecule has 0 radical (unpaired) electrons. The molecular formula is C16H27N3O. The lowest BCUT2D eigenvalue weighted by molar-refractivity contribution is -0.116. The number of nitrogen functional groups attached to an aromatic ring is 1. The molecule has 20 heavy (non-hydrogen) atoms. The van der Waals surface area contributed by atoms with Gasteiger partial charge in [0.2, 0.25) is 5.91 Å². The topological polar surface area (TPSA) is 58.4 Å². The maximum atomic E-state index is 12.0. The van der Waals surface area contributed by atoms with E-state index in [0.29, 0.717) is 18.2 Å². The Balaban J connectivity index is 2.50. The number of carbonyl (C=O) groups excluding carboxylic acids is 1. The number of nitrogens with one attached hydrogen (secondary N) is 1. The van der Waals surface area contributed by atoms with Crippen LogP contribution in [0.5, 0.6) is 0 Å². The maximum Gasteiger partial charge on any atom is 0.225 e. The van der Waals surface area contributed by atoms with Gasteiger partial charge in [0.05, 0.1) is 0 Å². The summed E-state index contributed by atoms with van der Waals surface area (Å²) in [7, 11) is 2.08. The van der Waals surface area contributed by atoms with Crippen molar-refractivity contribution in [3.8, 4) is 0 Å². The van der Waals surface area contributed by atoms with Crippen molar-refractivity contribution < 1.29 is 4.79 Å². The van der Waals surface area contributed by atoms with Crippen LogP contribution in [-0.4, -0.2) is 30.4 Å². The van der Waals surface area contributed by atoms with E-state index in [1.54, 1.807) is 6.07 Å². The van der Waals surface area contributed by atoms with Crippen LogP contribution >= 0.6 is 0 Å². The highest BCUT2D eigenvalue weighted by Crippen LogP contribution is 2.18. The van der Waals surface area contributed by atoms with E-state index in [1.165, 1.54) is 0 Å². The number of hydrogen-bond donors (Lipinski definition) is 2. The number of benzene rings is 1. The summed E-state index contributed by atoms with van der Waals surface area (Å²) in [6.07, 6.45) is 2.73. The molecule has 0 bridgehead atoms. The fourth-order valence-corrected chi connectivity index (χ4v) is 2.36. The average Bonchev–Trinajstić information content (AvgIpc) is 2.42. The first-order chi connectivity index (χ1) is 9.47. The van der Waals surface area contributed by atoms with E-state index in [0.717, 1.165) is 30.6 Å². The SMILES string of the molecule is CCC(CC)N(C)CCC(=O)Nc1cc(N)ccc1C. The summed E-state index contributed by atoms with van der Waals surface area (Å²) in [5.41, 5.74) is 8.24. The van der Waals surface area contributed by atoms with Crippen LogP contribution in [0.3, 0.4) is 0 Å². The maximum absolute atomic E-state index is 12.0. The monoisotopic (exact) mass is 277 g/mol. The van der Waals surface area contributed by atoms with Gasteiger partial charge in [-0.25, -0.2) is 0 Å². The van der Waals surface area contributed by atoms with Crippen LogP contribution in [0.2, 0.25) is 0 Å². The number of anilines is 2. The standard InChI is InChI=1S/C16H27N3O/c1-5-14(6-2)19(4)10-9-16(20)18-15-11-13(17)8-7-12(15)3/h7-8,11,14H,5-6,9-10,17H2,1-4H3,(H,18,20). The van der Waals surface area contributed by atoms with Crippen LogP contribution in [-0.2, 0) is 4.79 Å². The zero-order valence-corrected chi connectivity index (χ0v) is 13.1. The molecule has 0 aliphatic rings. The van der Waals surface area contributed by atoms with E-state index in [-0.39, 0.29) is 5.91 Å². The third-order valence-corrected chi connectivity index (χ3v) is 3.79. The third-order valence-electron chi connectivity index (χ3n) is 3.79. The predicted molar refractivity (Wildman–Crippen MR) is 85.8 cm³/mol. The van der Waals surface area contributed by atoms with Crippen molar-refractivity contribution in [2.24, 2.45) is 0 Å². The van der Waals surface area contributed by atoms with Gasteiger partial charge in [-0.3, -0.25) is 4.79 Å². The fourth-order valence-electron chi connectivity index (χ4n) is 2.36. The van der Waals surface area contributed by atoms with Crippen molar-refractivity contribution >= 4 is 17.3 Å². The van der Waals surface area contributed by atoms with Gasteiger partial charge in [-0.1, -0.05) is 19.9 Å². The molecule has 0 saturated heterocycles. The molecule has 1 rings (SSSR count). The number of rotatable bonds is 7. The molecule has 3 N–H and O–H groups in total. The minimum absolute atomic E-state index is 0.0384. The Morgan fingerprint density at radius 3 is 2.60 bits per heavy atom. The van der Waals surface area contributed by atoms with Gasteiger partial charge >= 0.3 is 0 Å². The molecule has 0 aliphatic carbocycles. The quantitative estimate of drug-likeness (QED) is 0.753. The Bertz CT molecular complexity index is 441. The first-order valence-electron chi connectivity index (χ1n) is 7.34. The molecule has 1 aromatic carbocycles. The highest BCUT2D eigenvalue weighted by Gasteiger charge is 2.12. The molecule has 0 fully saturated rings. The summed E-state index contributed by atoms with van der Waals surface area (Å²) in [6, 6.07) is 6.11. The van der Waals surface area contributed by atoms with Gasteiger partial charge in [-0.15, -0.1) is 0 Å². The highest BCUT2D eigenvalue weighted by atomic mass is 16.1. The first-order valence-corrected chi connectivity index (χ1v) is 7.34. The highest BCUT2D eigenvalue weighted by molar-refractivity contribution is 5.92. The summed E-state index contributed by atoms with van der Waals surface area (Å²) in [6.45, 7) is 7.10. The lowest BCUT2D eigenvalue weighted by Gasteiger charge is -2.25. The Hall–Kier alpha value is -1.55. The van der Waals surface area contributed by atoms with E-state index in [4.69, 9.17) is 5.73 Å². The number of aryl methyl sites for hydroxylation is 1. The van der Waals surface area contributed by atoms with E-state index < -0.39 is 0 Å². The van der Waals surface area contributed by atoms with Crippen LogP contribution in [0.15, 0.2) is 18.2 Å². The molecule has 4 heteroatoms. The van der Waals surface area contributed by atoms with Crippen molar-refractivity contribution in [3.63, 3.8) is 0 Å². The molecule has 0 heterocycles. The van der Waals surface area contributed by atoms with E-state index in [9.17, 15) is 4.79 Å². The minimum atomic E-state index is 0.0384. The van der Waals surface area contributed by atoms with Crippen LogP contribution in [0.4, 0.5) is 11.4 Å². The lowest BCUT2D eigenvalue weighted by atomic mass is 10.1. The third kappa shape index (κ3) is 4.85. The zero-order valence-electron chi connectivity index (χ0n) is 13.1. The molecule has 0 spiro atoms. The second-order valence-corrected chi connectivity index (χ2v) is 5.32. The molecule has 0 aliphatic heterocycles. The zero-order chi connectivity index (χ0) is 15.1. The number of carbonyl (C=O) groups is 1. The number of hydrogen-bond acceptors (Lipinski definition) is 3. The number of amides is 1. The molecule has 112 valence electrons. The van der Waals surface area contributed by atoms with Gasteiger partial charge in [-0.05, 0) is 44.5 Å². The second kappa shape index (κ2) is 7.90. The Morgan fingerprint density at radius 2 is 2.00 bits per heavy atom. The summed E-state index contributed by atoms with van der Waals surface area (Å²) in [5, 5.41) is 2.94. The Kier molecular flexibility index (Phi) is 6.52. The summed E-state index contributed by atoms with van der Waals surface area (Å²) in [4.78, 5) is 14.3. The largest absolute Gasteiger partial charge is 0.399 e. The molecular weight excluding hydrogens is 250 g/mol. The van der Waals surface area contributed by atoms with Crippen molar-refractivity contribution in [3.05, 3.63) is 23.8 Å². The van der Waals surface area contributed by atoms with Gasteiger partial charge in [-0.2, -0.15) is 0 Å². The molecule has 0 aromatic heterocycles. The van der Waals surface area contributed by atoms with Crippen LogP contribution in [0, 0.1) is 6.92 Å². The number of nitrogens with zero attached hydrogens (tertiary/aromatic N) is 1. The van der Waals surface area contributed by atoms with Gasteiger partial charge in [0.25, 0.3) is 0 Å². The second-order valence-electron chi connectivity index (χ2n) is 5.32. The molecule has 1 amide bonds. The summed E-state index contributed by atoms with van der Waals surface area (Å²) >= 11 is 0. The average molecular weight is 277 g/mol. The number of nitrogens with two attached hydrogens (primary N) is 1. The van der Waals surface area contributed by atoms with Crippen LogP contribution in [0.1, 0.15) is 38.7 Å². The first kappa shape index (κ1) is 16.5. The minimum Gasteiger partial charge on any atom is -0.399 e. The van der Waals surface area contributed by atoms with E-state index >= 15 is 0 Å². The Morgan fingerprint density at radius 1 is 1.35 bits per heavy atom. The summed E-state index contributed by atoms with van der Waals surface area (Å²) in [5.74, 6) is 0.0384. The van der Waals surface area contributed by atoms with Crippen molar-refractivity contribution in [2.75, 3.05) is 24.6 Å². The molecule has 0 unspecified atom stereocenters. The smallest absolute Gasteiger partial charge is 0.225 e. The lowest BCUT2D eigenvalue weighted by Crippen LogP contribution is -2.33. The fraction of sp³-hybridized carbons (Fsp3) is 0.562. The van der Waals surface area contributed by atoms with Crippen molar-refractivity contribution in [1.82, 2.24) is 4.90 Å². The molecule has 1 aromatic rings. The van der Waals surface area contributed by atoms with Gasteiger partial charge in [0.15, 0.2) is 0 Å². The normalized spacial score (nSPS) is 11.1. The predicted octanol–water partition coefficient (Wildman–Crippen LogP) is 3.03. The molecule has 0 saturated carbocycles. The van der Waals surface area contributed by atoms with E-state index in [1.807, 2.05) is 19.1 Å². The van der Waals surface area contributed by atoms with Gasteiger partial charge in [0, 0.05) is 30.4 Å². The molecule has 4 nitrogen and oxygen atoms in total. The van der Waals surface area contributed by atoms with E-state index in [2.05, 4.69) is 31.1 Å². The summed E-state index contributed by atoms with van der Waals surface area (Å²) < 4.78 is 0. The van der Waals surface area contributed by atoms with Crippen LogP contribution < -0.4 is 11.1 Å². The van der Waals surface area contributed by atoms with Gasteiger partial charge in [0.1, 0.15) is 0 Å². The van der Waals surface area contributed by atoms with Crippen molar-refractivity contribution in [2.45, 2.75) is 46.1 Å². The van der Waals surface area contributed by atoms with Gasteiger partial charge < -0.3 is 16.0 Å². The van der Waals surface area contributed by atoms with Crippen LogP contribution in [0.25, 0.3) is 0 Å². The Labute approximate surface area is 122 Å².